The van der Waals surface area contributed by atoms with Crippen LogP contribution in [0.2, 0.25) is 0 Å². The molecule has 12 heavy (non-hydrogen) atoms. The highest BCUT2D eigenvalue weighted by Gasteiger charge is 2.19. The first kappa shape index (κ1) is 14.5. The molecule has 8 heteroatoms. The summed E-state index contributed by atoms with van der Waals surface area (Å²) in [4.78, 5) is 10.7. The van der Waals surface area contributed by atoms with Gasteiger partial charge < -0.3 is 0 Å². The number of carbonyl (C=O) groups is 1. The van der Waals surface area contributed by atoms with E-state index in [9.17, 15) is 13.2 Å². The van der Waals surface area contributed by atoms with Gasteiger partial charge in [0, 0.05) is 7.05 Å². The lowest BCUT2D eigenvalue weighted by Crippen LogP contribution is -2.29. The maximum absolute atomic E-state index is 10.7. The fraction of sp³-hybridized carbons (Fsp3) is 0.750. The van der Waals surface area contributed by atoms with Crippen molar-refractivity contribution in [2.75, 3.05) is 12.8 Å². The van der Waals surface area contributed by atoms with E-state index in [4.69, 9.17) is 4.55 Å². The smallest absolute Gasteiger partial charge is 0.269 e. The zero-order valence-corrected chi connectivity index (χ0v) is 9.00. The summed E-state index contributed by atoms with van der Waals surface area (Å²) in [6, 6.07) is 0. The molecule has 0 aliphatic heterocycles. The number of halogens is 1. The average Bonchev–Trinajstić information content (AvgIpc) is 1.85. The summed E-state index contributed by atoms with van der Waals surface area (Å²) in [7, 11) is -3.36. The molecule has 0 aliphatic rings. The van der Waals surface area contributed by atoms with Gasteiger partial charge in [0.25, 0.3) is 5.24 Å². The van der Waals surface area contributed by atoms with Crippen molar-refractivity contribution < 1.29 is 17.8 Å². The van der Waals surface area contributed by atoms with Crippen LogP contribution in [0.1, 0.15) is 6.92 Å². The third-order valence-electron chi connectivity index (χ3n) is 0.871. The van der Waals surface area contributed by atoms with E-state index in [-0.39, 0.29) is 12.4 Å². The SMILES string of the molecule is CCSC(=O)N(C)S(=O)(=O)O.Cl. The molecule has 0 saturated carbocycles. The third-order valence-corrected chi connectivity index (χ3v) is 2.65. The van der Waals surface area contributed by atoms with E-state index in [1.165, 1.54) is 0 Å². The van der Waals surface area contributed by atoms with Crippen LogP contribution in [0, 0.1) is 0 Å². The number of rotatable bonds is 2. The van der Waals surface area contributed by atoms with Gasteiger partial charge in [-0.1, -0.05) is 18.7 Å². The van der Waals surface area contributed by atoms with E-state index in [1.54, 1.807) is 6.92 Å². The van der Waals surface area contributed by atoms with Crippen molar-refractivity contribution in [3.05, 3.63) is 0 Å². The zero-order valence-electron chi connectivity index (χ0n) is 6.55. The summed E-state index contributed by atoms with van der Waals surface area (Å²) in [6.45, 7) is 1.71. The lowest BCUT2D eigenvalue weighted by atomic mass is 11.0. The molecule has 0 fully saturated rings. The molecule has 0 aliphatic carbocycles. The predicted octanol–water partition coefficient (Wildman–Crippen LogP) is 1.02. The van der Waals surface area contributed by atoms with Crippen LogP contribution in [0.3, 0.4) is 0 Å². The fourth-order valence-corrected chi connectivity index (χ4v) is 1.37. The van der Waals surface area contributed by atoms with Gasteiger partial charge >= 0.3 is 10.3 Å². The summed E-state index contributed by atoms with van der Waals surface area (Å²) in [5.74, 6) is 0.471. The normalized spacial score (nSPS) is 10.2. The highest BCUT2D eigenvalue weighted by atomic mass is 35.5. The second kappa shape index (κ2) is 5.63. The summed E-state index contributed by atoms with van der Waals surface area (Å²) in [5, 5.41) is -0.685. The van der Waals surface area contributed by atoms with Gasteiger partial charge in [0.1, 0.15) is 0 Å². The molecule has 0 saturated heterocycles. The molecule has 0 unspecified atom stereocenters. The number of hydrogen-bond donors (Lipinski definition) is 1. The topological polar surface area (TPSA) is 74.7 Å². The van der Waals surface area contributed by atoms with Crippen molar-refractivity contribution in [1.29, 1.82) is 0 Å². The Hall–Kier alpha value is 0.0200. The van der Waals surface area contributed by atoms with Crippen LogP contribution < -0.4 is 0 Å². The standard InChI is InChI=1S/C4H9NO4S2.ClH/c1-3-10-4(6)5(2)11(7,8)9;/h3H2,1-2H3,(H,7,8,9);1H. The summed E-state index contributed by atoms with van der Waals surface area (Å²) in [6.07, 6.45) is 0. The molecular formula is C4H10ClNO4S2. The molecule has 74 valence electrons. The highest BCUT2D eigenvalue weighted by Crippen LogP contribution is 2.08. The van der Waals surface area contributed by atoms with Crippen molar-refractivity contribution in [1.82, 2.24) is 4.31 Å². The summed E-state index contributed by atoms with van der Waals surface area (Å²) >= 11 is 0.814. The first-order chi connectivity index (χ1) is 4.89. The molecule has 5 nitrogen and oxygen atoms in total. The lowest BCUT2D eigenvalue weighted by molar-refractivity contribution is 0.247. The van der Waals surface area contributed by atoms with E-state index < -0.39 is 15.5 Å². The summed E-state index contributed by atoms with van der Waals surface area (Å²) < 4.78 is 29.2. The molecule has 0 aromatic rings. The van der Waals surface area contributed by atoms with Crippen LogP contribution >= 0.6 is 24.2 Å². The van der Waals surface area contributed by atoms with Crippen molar-refractivity contribution in [2.24, 2.45) is 0 Å². The van der Waals surface area contributed by atoms with Gasteiger partial charge in [-0.2, -0.15) is 8.42 Å². The molecular weight excluding hydrogens is 226 g/mol. The van der Waals surface area contributed by atoms with Crippen molar-refractivity contribution in [3.8, 4) is 0 Å². The van der Waals surface area contributed by atoms with E-state index in [2.05, 4.69) is 0 Å². The van der Waals surface area contributed by atoms with E-state index in [0.717, 1.165) is 18.8 Å². The van der Waals surface area contributed by atoms with Gasteiger partial charge in [-0.25, -0.2) is 4.31 Å². The van der Waals surface area contributed by atoms with Gasteiger partial charge in [0.05, 0.1) is 0 Å². The Morgan fingerprint density at radius 3 is 2.25 bits per heavy atom. The average molecular weight is 236 g/mol. The molecule has 0 atom stereocenters. The van der Waals surface area contributed by atoms with Gasteiger partial charge in [-0.15, -0.1) is 12.4 Å². The number of carbonyl (C=O) groups excluding carboxylic acids is 1. The Labute approximate surface area is 81.8 Å². The van der Waals surface area contributed by atoms with Crippen LogP contribution in [0.4, 0.5) is 4.79 Å². The molecule has 0 aromatic heterocycles. The summed E-state index contributed by atoms with van der Waals surface area (Å²) in [5.41, 5.74) is 0. The van der Waals surface area contributed by atoms with Crippen molar-refractivity contribution in [3.63, 3.8) is 0 Å². The zero-order chi connectivity index (χ0) is 9.07. The van der Waals surface area contributed by atoms with Crippen LogP contribution in [-0.4, -0.2) is 35.3 Å². The maximum Gasteiger partial charge on any atom is 0.362 e. The second-order valence-corrected chi connectivity index (χ2v) is 4.30. The third kappa shape index (κ3) is 4.81. The molecule has 0 aromatic carbocycles. The first-order valence-electron chi connectivity index (χ1n) is 2.77. The Balaban J connectivity index is 0. The van der Waals surface area contributed by atoms with Gasteiger partial charge in [0.15, 0.2) is 0 Å². The molecule has 1 N–H and O–H groups in total. The van der Waals surface area contributed by atoms with E-state index >= 15 is 0 Å². The molecule has 0 bridgehead atoms. The largest absolute Gasteiger partial charge is 0.362 e. The van der Waals surface area contributed by atoms with Crippen LogP contribution in [0.15, 0.2) is 0 Å². The van der Waals surface area contributed by atoms with Crippen molar-refractivity contribution in [2.45, 2.75) is 6.92 Å². The second-order valence-electron chi connectivity index (χ2n) is 1.64. The Morgan fingerprint density at radius 1 is 1.58 bits per heavy atom. The van der Waals surface area contributed by atoms with Crippen LogP contribution in [0.25, 0.3) is 0 Å². The van der Waals surface area contributed by atoms with E-state index in [1.807, 2.05) is 0 Å². The van der Waals surface area contributed by atoms with Crippen LogP contribution in [0.5, 0.6) is 0 Å². The predicted molar refractivity (Wildman–Crippen MR) is 50.1 cm³/mol. The first-order valence-corrected chi connectivity index (χ1v) is 5.16. The number of thioether (sulfide) groups is 1. The number of amides is 1. The Kier molecular flexibility index (Phi) is 6.82. The van der Waals surface area contributed by atoms with E-state index in [0.29, 0.717) is 10.1 Å². The minimum Gasteiger partial charge on any atom is -0.269 e. The molecule has 0 spiro atoms. The monoisotopic (exact) mass is 235 g/mol. The highest BCUT2D eigenvalue weighted by molar-refractivity contribution is 8.14. The molecule has 0 rings (SSSR count). The Bertz CT molecular complexity index is 239. The lowest BCUT2D eigenvalue weighted by Gasteiger charge is -2.10. The van der Waals surface area contributed by atoms with Gasteiger partial charge in [0.2, 0.25) is 0 Å². The molecule has 0 radical (unpaired) electrons. The fourth-order valence-electron chi connectivity index (χ4n) is 0.309. The quantitative estimate of drug-likeness (QED) is 0.724. The molecule has 0 heterocycles. The van der Waals surface area contributed by atoms with Gasteiger partial charge in [-0.05, 0) is 5.75 Å². The Morgan fingerprint density at radius 2 is 2.00 bits per heavy atom. The number of nitrogens with zero attached hydrogens (tertiary/aromatic N) is 1. The van der Waals surface area contributed by atoms with Crippen molar-refractivity contribution >= 4 is 39.7 Å². The minimum absolute atomic E-state index is 0. The maximum atomic E-state index is 10.7. The van der Waals surface area contributed by atoms with Crippen LogP contribution in [-0.2, 0) is 10.3 Å². The van der Waals surface area contributed by atoms with Gasteiger partial charge in [-0.3, -0.25) is 9.35 Å². The number of hydrogen-bond acceptors (Lipinski definition) is 4. The molecule has 1 amide bonds. The minimum atomic E-state index is -4.36.